The van der Waals surface area contributed by atoms with Gasteiger partial charge in [-0.3, -0.25) is 4.79 Å². The lowest BCUT2D eigenvalue weighted by Gasteiger charge is -2.39. The summed E-state index contributed by atoms with van der Waals surface area (Å²) < 4.78 is 0. The first kappa shape index (κ1) is 13.8. The molecule has 0 radical (unpaired) electrons. The summed E-state index contributed by atoms with van der Waals surface area (Å²) in [5.41, 5.74) is 6.00. The molecule has 2 rings (SSSR count). The molecular formula is C14H26N2O2. The highest BCUT2D eigenvalue weighted by atomic mass is 16.3. The van der Waals surface area contributed by atoms with Crippen molar-refractivity contribution in [3.8, 4) is 0 Å². The molecule has 4 heteroatoms. The summed E-state index contributed by atoms with van der Waals surface area (Å²) in [5.74, 6) is 1.08. The topological polar surface area (TPSA) is 66.6 Å². The molecule has 5 unspecified atom stereocenters. The highest BCUT2D eigenvalue weighted by Crippen LogP contribution is 2.30. The van der Waals surface area contributed by atoms with Gasteiger partial charge in [0, 0.05) is 25.0 Å². The monoisotopic (exact) mass is 254 g/mol. The molecule has 104 valence electrons. The lowest BCUT2D eigenvalue weighted by Crippen LogP contribution is -2.48. The number of carbonyl (C=O) groups is 1. The van der Waals surface area contributed by atoms with E-state index in [4.69, 9.17) is 5.73 Å². The van der Waals surface area contributed by atoms with Crippen molar-refractivity contribution in [1.82, 2.24) is 4.90 Å². The second-order valence-electron chi connectivity index (χ2n) is 6.27. The van der Waals surface area contributed by atoms with Gasteiger partial charge < -0.3 is 15.7 Å². The number of hydrogen-bond donors (Lipinski definition) is 2. The highest BCUT2D eigenvalue weighted by Gasteiger charge is 2.34. The number of hydrogen-bond acceptors (Lipinski definition) is 3. The predicted molar refractivity (Wildman–Crippen MR) is 70.8 cm³/mol. The molecule has 1 aliphatic carbocycles. The van der Waals surface area contributed by atoms with Gasteiger partial charge in [-0.15, -0.1) is 0 Å². The van der Waals surface area contributed by atoms with Gasteiger partial charge in [-0.05, 0) is 37.5 Å². The maximum Gasteiger partial charge on any atom is 0.225 e. The van der Waals surface area contributed by atoms with Gasteiger partial charge >= 0.3 is 0 Å². The summed E-state index contributed by atoms with van der Waals surface area (Å²) in [6.45, 7) is 5.58. The Hall–Kier alpha value is -0.610. The average Bonchev–Trinajstić information content (AvgIpc) is 2.35. The fraction of sp³-hybridized carbons (Fsp3) is 0.929. The number of rotatable bonds is 1. The zero-order chi connectivity index (χ0) is 13.3. The number of piperidine rings is 1. The number of aliphatic hydroxyl groups excluding tert-OH is 1. The smallest absolute Gasteiger partial charge is 0.225 e. The van der Waals surface area contributed by atoms with Crippen LogP contribution in [-0.2, 0) is 4.79 Å². The van der Waals surface area contributed by atoms with Crippen molar-refractivity contribution < 1.29 is 9.90 Å². The minimum atomic E-state index is -0.243. The van der Waals surface area contributed by atoms with Crippen LogP contribution in [0.15, 0.2) is 0 Å². The Balaban J connectivity index is 1.91. The van der Waals surface area contributed by atoms with Crippen molar-refractivity contribution in [2.45, 2.75) is 51.7 Å². The SMILES string of the molecule is CC1CC(C(=O)N2CCC(O)C(C)C2)CCC1N. The van der Waals surface area contributed by atoms with Gasteiger partial charge in [0.05, 0.1) is 6.10 Å². The predicted octanol–water partition coefficient (Wildman–Crippen LogP) is 0.979. The number of nitrogens with two attached hydrogens (primary N) is 1. The standard InChI is InChI=1S/C14H26N2O2/c1-9-7-11(3-4-12(9)15)14(18)16-6-5-13(17)10(2)8-16/h9-13,17H,3-8,15H2,1-2H3. The zero-order valence-corrected chi connectivity index (χ0v) is 11.5. The van der Waals surface area contributed by atoms with Crippen molar-refractivity contribution in [2.24, 2.45) is 23.5 Å². The maximum atomic E-state index is 12.5. The fourth-order valence-electron chi connectivity index (χ4n) is 3.24. The molecule has 1 saturated carbocycles. The Kier molecular flexibility index (Phi) is 4.28. The fourth-order valence-corrected chi connectivity index (χ4v) is 3.24. The molecule has 0 aromatic rings. The second kappa shape index (κ2) is 5.57. The number of amides is 1. The molecule has 1 amide bonds. The minimum absolute atomic E-state index is 0.155. The molecule has 1 heterocycles. The van der Waals surface area contributed by atoms with Crippen LogP contribution in [0.5, 0.6) is 0 Å². The third-order valence-electron chi connectivity index (χ3n) is 4.76. The van der Waals surface area contributed by atoms with Crippen molar-refractivity contribution in [3.05, 3.63) is 0 Å². The average molecular weight is 254 g/mol. The Labute approximate surface area is 110 Å². The van der Waals surface area contributed by atoms with Crippen molar-refractivity contribution in [2.75, 3.05) is 13.1 Å². The van der Waals surface area contributed by atoms with Gasteiger partial charge in [0.25, 0.3) is 0 Å². The van der Waals surface area contributed by atoms with E-state index >= 15 is 0 Å². The van der Waals surface area contributed by atoms with E-state index in [0.29, 0.717) is 25.4 Å². The van der Waals surface area contributed by atoms with E-state index in [1.165, 1.54) is 0 Å². The molecule has 0 aromatic carbocycles. The number of nitrogens with zero attached hydrogens (tertiary/aromatic N) is 1. The van der Waals surface area contributed by atoms with E-state index in [1.807, 2.05) is 11.8 Å². The van der Waals surface area contributed by atoms with Gasteiger partial charge in [0.2, 0.25) is 5.91 Å². The molecule has 1 aliphatic heterocycles. The van der Waals surface area contributed by atoms with Gasteiger partial charge in [-0.25, -0.2) is 0 Å². The lowest BCUT2D eigenvalue weighted by atomic mass is 9.78. The largest absolute Gasteiger partial charge is 0.393 e. The molecule has 0 spiro atoms. The molecule has 5 atom stereocenters. The van der Waals surface area contributed by atoms with E-state index in [0.717, 1.165) is 19.3 Å². The van der Waals surface area contributed by atoms with Gasteiger partial charge in [0.1, 0.15) is 0 Å². The summed E-state index contributed by atoms with van der Waals surface area (Å²) >= 11 is 0. The minimum Gasteiger partial charge on any atom is -0.393 e. The van der Waals surface area contributed by atoms with E-state index in [1.54, 1.807) is 0 Å². The van der Waals surface area contributed by atoms with Crippen LogP contribution in [0.1, 0.15) is 39.5 Å². The van der Waals surface area contributed by atoms with E-state index in [2.05, 4.69) is 6.92 Å². The molecule has 4 nitrogen and oxygen atoms in total. The van der Waals surface area contributed by atoms with Crippen LogP contribution in [0.3, 0.4) is 0 Å². The molecule has 1 saturated heterocycles. The third kappa shape index (κ3) is 2.86. The van der Waals surface area contributed by atoms with Gasteiger partial charge in [-0.2, -0.15) is 0 Å². The van der Waals surface area contributed by atoms with E-state index in [9.17, 15) is 9.90 Å². The number of carbonyl (C=O) groups excluding carboxylic acids is 1. The normalized spacial score (nSPS) is 41.8. The van der Waals surface area contributed by atoms with Crippen LogP contribution in [0.4, 0.5) is 0 Å². The first-order valence-electron chi connectivity index (χ1n) is 7.21. The first-order chi connectivity index (χ1) is 8.49. The van der Waals surface area contributed by atoms with Gasteiger partial charge in [0.15, 0.2) is 0 Å². The summed E-state index contributed by atoms with van der Waals surface area (Å²) in [6.07, 6.45) is 3.29. The van der Waals surface area contributed by atoms with Crippen molar-refractivity contribution >= 4 is 5.91 Å². The van der Waals surface area contributed by atoms with E-state index < -0.39 is 0 Å². The molecule has 2 fully saturated rings. The maximum absolute atomic E-state index is 12.5. The van der Waals surface area contributed by atoms with Crippen molar-refractivity contribution in [1.29, 1.82) is 0 Å². The summed E-state index contributed by atoms with van der Waals surface area (Å²) in [5, 5.41) is 9.71. The third-order valence-corrected chi connectivity index (χ3v) is 4.76. The van der Waals surface area contributed by atoms with Crippen LogP contribution >= 0.6 is 0 Å². The van der Waals surface area contributed by atoms with Crippen LogP contribution in [0.25, 0.3) is 0 Å². The summed E-state index contributed by atoms with van der Waals surface area (Å²) in [4.78, 5) is 14.4. The zero-order valence-electron chi connectivity index (χ0n) is 11.5. The van der Waals surface area contributed by atoms with Crippen LogP contribution in [0, 0.1) is 17.8 Å². The van der Waals surface area contributed by atoms with E-state index in [-0.39, 0.29) is 29.9 Å². The molecule has 2 aliphatic rings. The molecule has 0 aromatic heterocycles. The van der Waals surface area contributed by atoms with Crippen LogP contribution < -0.4 is 5.73 Å². The Morgan fingerprint density at radius 1 is 1.22 bits per heavy atom. The Morgan fingerprint density at radius 2 is 1.94 bits per heavy atom. The molecule has 18 heavy (non-hydrogen) atoms. The quantitative estimate of drug-likeness (QED) is 0.733. The summed E-state index contributed by atoms with van der Waals surface area (Å²) in [6, 6.07) is 0.260. The van der Waals surface area contributed by atoms with Crippen LogP contribution in [-0.4, -0.2) is 41.1 Å². The second-order valence-corrected chi connectivity index (χ2v) is 6.27. The number of aliphatic hydroxyl groups is 1. The molecule has 0 bridgehead atoms. The molecular weight excluding hydrogens is 228 g/mol. The van der Waals surface area contributed by atoms with Crippen molar-refractivity contribution in [3.63, 3.8) is 0 Å². The molecule has 3 N–H and O–H groups in total. The number of likely N-dealkylation sites (tertiary alicyclic amines) is 1. The van der Waals surface area contributed by atoms with Gasteiger partial charge in [-0.1, -0.05) is 13.8 Å². The Morgan fingerprint density at radius 3 is 2.56 bits per heavy atom. The lowest BCUT2D eigenvalue weighted by molar-refractivity contribution is -0.140. The van der Waals surface area contributed by atoms with Crippen LogP contribution in [0.2, 0.25) is 0 Å². The highest BCUT2D eigenvalue weighted by molar-refractivity contribution is 5.79. The first-order valence-corrected chi connectivity index (χ1v) is 7.21. The Bertz CT molecular complexity index is 280. The summed E-state index contributed by atoms with van der Waals surface area (Å²) in [7, 11) is 0.